The number of aromatic nitrogens is 1. The van der Waals surface area contributed by atoms with Gasteiger partial charge in [0.25, 0.3) is 0 Å². The van der Waals surface area contributed by atoms with Gasteiger partial charge < -0.3 is 10.4 Å². The number of hydrogen-bond acceptors (Lipinski definition) is 5. The quantitative estimate of drug-likeness (QED) is 0.817. The van der Waals surface area contributed by atoms with Crippen LogP contribution in [0.3, 0.4) is 0 Å². The van der Waals surface area contributed by atoms with Gasteiger partial charge in [0, 0.05) is 6.42 Å². The van der Waals surface area contributed by atoms with Crippen molar-refractivity contribution in [3.05, 3.63) is 24.0 Å². The van der Waals surface area contributed by atoms with Gasteiger partial charge in [0.05, 0.1) is 35.5 Å². The average Bonchev–Trinajstić information content (AvgIpc) is 2.70. The van der Waals surface area contributed by atoms with Gasteiger partial charge in [-0.3, -0.25) is 14.6 Å². The molecule has 0 aromatic carbocycles. The molecular weight excluding hydrogens is 296 g/mol. The van der Waals surface area contributed by atoms with Crippen molar-refractivity contribution < 1.29 is 23.1 Å². The predicted molar refractivity (Wildman–Crippen MR) is 75.6 cm³/mol. The number of pyridine rings is 1. The van der Waals surface area contributed by atoms with E-state index >= 15 is 0 Å². The van der Waals surface area contributed by atoms with Gasteiger partial charge >= 0.3 is 5.97 Å². The van der Waals surface area contributed by atoms with Gasteiger partial charge in [0.2, 0.25) is 5.91 Å². The van der Waals surface area contributed by atoms with Gasteiger partial charge in [-0.1, -0.05) is 0 Å². The second kappa shape index (κ2) is 6.21. The third kappa shape index (κ3) is 4.82. The second-order valence-corrected chi connectivity index (χ2v) is 7.36. The van der Waals surface area contributed by atoms with Crippen molar-refractivity contribution in [3.8, 4) is 0 Å². The molecule has 0 bridgehead atoms. The molecule has 0 radical (unpaired) electrons. The van der Waals surface area contributed by atoms with Gasteiger partial charge in [-0.2, -0.15) is 0 Å². The normalized spacial score (nSPS) is 20.1. The zero-order valence-electron chi connectivity index (χ0n) is 11.3. The lowest BCUT2D eigenvalue weighted by molar-refractivity contribution is -0.136. The highest BCUT2D eigenvalue weighted by Gasteiger charge is 2.29. The van der Waals surface area contributed by atoms with Crippen LogP contribution in [0, 0.1) is 5.92 Å². The zero-order chi connectivity index (χ0) is 15.5. The number of carboxylic acids is 1. The minimum atomic E-state index is -2.98. The van der Waals surface area contributed by atoms with Crippen LogP contribution in [0.25, 0.3) is 0 Å². The fourth-order valence-corrected chi connectivity index (χ4v) is 4.13. The number of nitrogens with one attached hydrogen (secondary N) is 1. The first-order valence-corrected chi connectivity index (χ1v) is 8.33. The number of anilines is 1. The van der Waals surface area contributed by atoms with Crippen LogP contribution in [-0.4, -0.2) is 41.9 Å². The van der Waals surface area contributed by atoms with Crippen molar-refractivity contribution in [1.29, 1.82) is 0 Å². The maximum atomic E-state index is 11.8. The van der Waals surface area contributed by atoms with E-state index in [2.05, 4.69) is 10.3 Å². The number of amides is 1. The predicted octanol–water partition coefficient (Wildman–Crippen LogP) is 0.472. The molecule has 1 saturated heterocycles. The van der Waals surface area contributed by atoms with E-state index in [-0.39, 0.29) is 36.2 Å². The Morgan fingerprint density at radius 1 is 1.38 bits per heavy atom. The van der Waals surface area contributed by atoms with Gasteiger partial charge in [-0.05, 0) is 24.5 Å². The summed E-state index contributed by atoms with van der Waals surface area (Å²) in [6, 6.07) is 3.11. The van der Waals surface area contributed by atoms with Crippen molar-refractivity contribution in [1.82, 2.24) is 4.98 Å². The summed E-state index contributed by atoms with van der Waals surface area (Å²) in [6.45, 7) is 0. The molecule has 1 aliphatic rings. The molecule has 0 aliphatic carbocycles. The number of carbonyl (C=O) groups is 2. The van der Waals surface area contributed by atoms with E-state index in [1.165, 1.54) is 12.3 Å². The van der Waals surface area contributed by atoms with Crippen molar-refractivity contribution in [3.63, 3.8) is 0 Å². The van der Waals surface area contributed by atoms with E-state index in [9.17, 15) is 18.0 Å². The van der Waals surface area contributed by atoms with Crippen molar-refractivity contribution >= 4 is 27.4 Å². The molecule has 0 saturated carbocycles. The van der Waals surface area contributed by atoms with Crippen molar-refractivity contribution in [2.75, 3.05) is 16.8 Å². The summed E-state index contributed by atoms with van der Waals surface area (Å²) in [5.74, 6) is -1.15. The fraction of sp³-hybridized carbons (Fsp3) is 0.462. The Balaban J connectivity index is 1.86. The van der Waals surface area contributed by atoms with Gasteiger partial charge in [0.15, 0.2) is 9.84 Å². The first-order valence-electron chi connectivity index (χ1n) is 6.51. The summed E-state index contributed by atoms with van der Waals surface area (Å²) in [5, 5.41) is 11.3. The minimum absolute atomic E-state index is 0.0657. The summed E-state index contributed by atoms with van der Waals surface area (Å²) >= 11 is 0. The number of nitrogens with zero attached hydrogens (tertiary/aromatic N) is 1. The molecule has 1 fully saturated rings. The molecule has 1 aromatic heterocycles. The summed E-state index contributed by atoms with van der Waals surface area (Å²) in [4.78, 5) is 26.3. The molecule has 7 nitrogen and oxygen atoms in total. The standard InChI is InChI=1S/C13H16N2O5S/c16-12(5-9-3-4-21(19,20)8-9)15-11-2-1-10(14-7-11)6-13(17)18/h1-2,7,9H,3-6,8H2,(H,15,16)(H,17,18). The molecule has 21 heavy (non-hydrogen) atoms. The lowest BCUT2D eigenvalue weighted by Gasteiger charge is -2.08. The van der Waals surface area contributed by atoms with Crippen LogP contribution in [0.5, 0.6) is 0 Å². The number of sulfone groups is 1. The maximum absolute atomic E-state index is 11.8. The third-order valence-electron chi connectivity index (χ3n) is 3.24. The molecule has 114 valence electrons. The Labute approximate surface area is 122 Å². The van der Waals surface area contributed by atoms with E-state index in [4.69, 9.17) is 5.11 Å². The number of rotatable bonds is 5. The van der Waals surface area contributed by atoms with E-state index in [1.807, 2.05) is 0 Å². The number of carbonyl (C=O) groups excluding carboxylic acids is 1. The van der Waals surface area contributed by atoms with Crippen molar-refractivity contribution in [2.24, 2.45) is 5.92 Å². The number of carboxylic acid groups (broad SMARTS) is 1. The van der Waals surface area contributed by atoms with Gasteiger partial charge in [-0.25, -0.2) is 8.42 Å². The molecule has 1 unspecified atom stereocenters. The Kier molecular flexibility index (Phi) is 4.56. The van der Waals surface area contributed by atoms with E-state index in [1.54, 1.807) is 6.07 Å². The van der Waals surface area contributed by atoms with Crippen LogP contribution < -0.4 is 5.32 Å². The lowest BCUT2D eigenvalue weighted by Crippen LogP contribution is -2.17. The third-order valence-corrected chi connectivity index (χ3v) is 5.08. The first kappa shape index (κ1) is 15.4. The van der Waals surface area contributed by atoms with Crippen LogP contribution in [-0.2, 0) is 25.8 Å². The average molecular weight is 312 g/mol. The van der Waals surface area contributed by atoms with E-state index in [0.29, 0.717) is 17.8 Å². The highest BCUT2D eigenvalue weighted by molar-refractivity contribution is 7.91. The molecule has 2 N–H and O–H groups in total. The van der Waals surface area contributed by atoms with Crippen LogP contribution >= 0.6 is 0 Å². The smallest absolute Gasteiger partial charge is 0.309 e. The lowest BCUT2D eigenvalue weighted by atomic mass is 10.1. The molecule has 8 heteroatoms. The largest absolute Gasteiger partial charge is 0.481 e. The summed E-state index contributed by atoms with van der Waals surface area (Å²) in [7, 11) is -2.98. The van der Waals surface area contributed by atoms with Crippen LogP contribution in [0.15, 0.2) is 18.3 Å². The Morgan fingerprint density at radius 2 is 2.14 bits per heavy atom. The molecule has 1 aromatic rings. The molecule has 0 spiro atoms. The summed E-state index contributed by atoms with van der Waals surface area (Å²) in [6.07, 6.45) is 1.90. The summed E-state index contributed by atoms with van der Waals surface area (Å²) in [5.41, 5.74) is 0.873. The minimum Gasteiger partial charge on any atom is -0.481 e. The zero-order valence-corrected chi connectivity index (χ0v) is 12.1. The molecule has 2 rings (SSSR count). The Hall–Kier alpha value is -1.96. The Bertz CT molecular complexity index is 639. The van der Waals surface area contributed by atoms with Crippen molar-refractivity contribution in [2.45, 2.75) is 19.3 Å². The number of aliphatic carboxylic acids is 1. The van der Waals surface area contributed by atoms with Crippen LogP contribution in [0.4, 0.5) is 5.69 Å². The highest BCUT2D eigenvalue weighted by atomic mass is 32.2. The fourth-order valence-electron chi connectivity index (χ4n) is 2.27. The van der Waals surface area contributed by atoms with Gasteiger partial charge in [0.1, 0.15) is 0 Å². The second-order valence-electron chi connectivity index (χ2n) is 5.13. The monoisotopic (exact) mass is 312 g/mol. The molecule has 1 aliphatic heterocycles. The van der Waals surface area contributed by atoms with E-state index < -0.39 is 15.8 Å². The maximum Gasteiger partial charge on any atom is 0.309 e. The Morgan fingerprint density at radius 3 is 2.67 bits per heavy atom. The SMILES string of the molecule is O=C(O)Cc1ccc(NC(=O)CC2CCS(=O)(=O)C2)cn1. The van der Waals surface area contributed by atoms with E-state index in [0.717, 1.165) is 0 Å². The summed E-state index contributed by atoms with van der Waals surface area (Å²) < 4.78 is 22.6. The topological polar surface area (TPSA) is 113 Å². The van der Waals surface area contributed by atoms with Crippen LogP contribution in [0.1, 0.15) is 18.5 Å². The van der Waals surface area contributed by atoms with Gasteiger partial charge in [-0.15, -0.1) is 0 Å². The molecule has 2 heterocycles. The molecular formula is C13H16N2O5S. The number of hydrogen-bond donors (Lipinski definition) is 2. The van der Waals surface area contributed by atoms with Crippen LogP contribution in [0.2, 0.25) is 0 Å². The first-order chi connectivity index (χ1) is 9.84. The molecule has 1 amide bonds. The highest BCUT2D eigenvalue weighted by Crippen LogP contribution is 2.22. The molecule has 1 atom stereocenters.